The Hall–Kier alpha value is -2.50. The smallest absolute Gasteiger partial charge is 0.341 e. The zero-order valence-corrected chi connectivity index (χ0v) is 12.5. The molecule has 6 heteroatoms. The SMILES string of the molecule is CCOC(=O)c1cnc2cc(OC)cc(OC)c2c1NC. The summed E-state index contributed by atoms with van der Waals surface area (Å²) >= 11 is 0. The molecule has 0 saturated heterocycles. The predicted octanol–water partition coefficient (Wildman–Crippen LogP) is 2.47. The van der Waals surface area contributed by atoms with E-state index in [9.17, 15) is 4.79 Å². The van der Waals surface area contributed by atoms with Gasteiger partial charge in [-0.3, -0.25) is 4.98 Å². The molecule has 6 nitrogen and oxygen atoms in total. The molecule has 21 heavy (non-hydrogen) atoms. The van der Waals surface area contributed by atoms with Crippen molar-refractivity contribution in [1.29, 1.82) is 0 Å². The van der Waals surface area contributed by atoms with Crippen molar-refractivity contribution in [2.45, 2.75) is 6.92 Å². The molecule has 0 spiro atoms. The Morgan fingerprint density at radius 2 is 2.05 bits per heavy atom. The third-order valence-electron chi connectivity index (χ3n) is 3.11. The molecule has 0 fully saturated rings. The van der Waals surface area contributed by atoms with Gasteiger partial charge in [-0.15, -0.1) is 0 Å². The zero-order valence-electron chi connectivity index (χ0n) is 12.5. The van der Waals surface area contributed by atoms with E-state index in [0.717, 1.165) is 0 Å². The number of esters is 1. The molecule has 0 radical (unpaired) electrons. The first-order valence-electron chi connectivity index (χ1n) is 6.55. The van der Waals surface area contributed by atoms with Crippen LogP contribution in [-0.4, -0.2) is 38.8 Å². The Labute approximate surface area is 123 Å². The predicted molar refractivity (Wildman–Crippen MR) is 80.4 cm³/mol. The van der Waals surface area contributed by atoms with Gasteiger partial charge in [-0.2, -0.15) is 0 Å². The highest BCUT2D eigenvalue weighted by atomic mass is 16.5. The molecule has 0 amide bonds. The van der Waals surface area contributed by atoms with E-state index in [-0.39, 0.29) is 0 Å². The first-order chi connectivity index (χ1) is 10.2. The Morgan fingerprint density at radius 1 is 1.29 bits per heavy atom. The third-order valence-corrected chi connectivity index (χ3v) is 3.11. The third kappa shape index (κ3) is 2.69. The number of carbonyl (C=O) groups excluding carboxylic acids is 1. The zero-order chi connectivity index (χ0) is 15.4. The van der Waals surface area contributed by atoms with Gasteiger partial charge in [0, 0.05) is 25.4 Å². The lowest BCUT2D eigenvalue weighted by molar-refractivity contribution is 0.0527. The molecule has 1 aromatic heterocycles. The molecule has 1 N–H and O–H groups in total. The van der Waals surface area contributed by atoms with E-state index < -0.39 is 5.97 Å². The van der Waals surface area contributed by atoms with Crippen LogP contribution in [0.4, 0.5) is 5.69 Å². The molecule has 112 valence electrons. The highest BCUT2D eigenvalue weighted by Gasteiger charge is 2.19. The van der Waals surface area contributed by atoms with E-state index >= 15 is 0 Å². The Bertz CT molecular complexity index is 670. The van der Waals surface area contributed by atoms with E-state index in [0.29, 0.717) is 40.3 Å². The van der Waals surface area contributed by atoms with Crippen LogP contribution in [-0.2, 0) is 4.74 Å². The monoisotopic (exact) mass is 290 g/mol. The summed E-state index contributed by atoms with van der Waals surface area (Å²) in [6, 6.07) is 3.54. The molecule has 2 aromatic rings. The normalized spacial score (nSPS) is 10.3. The second kappa shape index (κ2) is 6.30. The number of nitrogens with one attached hydrogen (secondary N) is 1. The summed E-state index contributed by atoms with van der Waals surface area (Å²) in [5.41, 5.74) is 1.66. The topological polar surface area (TPSA) is 69.7 Å². The maximum absolute atomic E-state index is 12.0. The van der Waals surface area contributed by atoms with E-state index in [1.165, 1.54) is 6.20 Å². The summed E-state index contributed by atoms with van der Waals surface area (Å²) in [5.74, 6) is 0.791. The van der Waals surface area contributed by atoms with Crippen molar-refractivity contribution in [2.75, 3.05) is 33.2 Å². The summed E-state index contributed by atoms with van der Waals surface area (Å²) in [6.07, 6.45) is 1.49. The fourth-order valence-electron chi connectivity index (χ4n) is 2.16. The van der Waals surface area contributed by atoms with E-state index in [1.54, 1.807) is 40.3 Å². The number of hydrogen-bond acceptors (Lipinski definition) is 6. The van der Waals surface area contributed by atoms with E-state index in [2.05, 4.69) is 10.3 Å². The number of ether oxygens (including phenoxy) is 3. The molecular formula is C15H18N2O4. The van der Waals surface area contributed by atoms with Crippen LogP contribution in [0, 0.1) is 0 Å². The lowest BCUT2D eigenvalue weighted by atomic mass is 10.1. The van der Waals surface area contributed by atoms with E-state index in [1.807, 2.05) is 0 Å². The van der Waals surface area contributed by atoms with Crippen molar-refractivity contribution >= 4 is 22.6 Å². The fraction of sp³-hybridized carbons (Fsp3) is 0.333. The van der Waals surface area contributed by atoms with Gasteiger partial charge in [0.2, 0.25) is 0 Å². The summed E-state index contributed by atoms with van der Waals surface area (Å²) in [4.78, 5) is 16.3. The Morgan fingerprint density at radius 3 is 2.62 bits per heavy atom. The van der Waals surface area contributed by atoms with Crippen molar-refractivity contribution < 1.29 is 19.0 Å². The lowest BCUT2D eigenvalue weighted by Crippen LogP contribution is -2.09. The number of nitrogens with zero attached hydrogens (tertiary/aromatic N) is 1. The van der Waals surface area contributed by atoms with Crippen molar-refractivity contribution in [1.82, 2.24) is 4.98 Å². The molecule has 0 atom stereocenters. The van der Waals surface area contributed by atoms with E-state index in [4.69, 9.17) is 14.2 Å². The van der Waals surface area contributed by atoms with Crippen LogP contribution in [0.5, 0.6) is 11.5 Å². The lowest BCUT2D eigenvalue weighted by Gasteiger charge is -2.15. The number of methoxy groups -OCH3 is 2. The minimum atomic E-state index is -0.422. The number of hydrogen-bond donors (Lipinski definition) is 1. The van der Waals surface area contributed by atoms with Crippen LogP contribution in [0.1, 0.15) is 17.3 Å². The molecule has 1 aromatic carbocycles. The highest BCUT2D eigenvalue weighted by Crippen LogP contribution is 2.37. The van der Waals surface area contributed by atoms with Gasteiger partial charge >= 0.3 is 5.97 Å². The average Bonchev–Trinajstić information content (AvgIpc) is 2.52. The van der Waals surface area contributed by atoms with Gasteiger partial charge < -0.3 is 19.5 Å². The average molecular weight is 290 g/mol. The highest BCUT2D eigenvalue weighted by molar-refractivity contribution is 6.07. The quantitative estimate of drug-likeness (QED) is 0.853. The maximum Gasteiger partial charge on any atom is 0.341 e. The van der Waals surface area contributed by atoms with Crippen LogP contribution in [0.3, 0.4) is 0 Å². The van der Waals surface area contributed by atoms with Gasteiger partial charge in [0.1, 0.15) is 17.1 Å². The van der Waals surface area contributed by atoms with Crippen LogP contribution in [0.2, 0.25) is 0 Å². The largest absolute Gasteiger partial charge is 0.497 e. The van der Waals surface area contributed by atoms with Crippen molar-refractivity contribution in [2.24, 2.45) is 0 Å². The first kappa shape index (κ1) is 14.9. The number of rotatable bonds is 5. The first-order valence-corrected chi connectivity index (χ1v) is 6.55. The Kier molecular flexibility index (Phi) is 4.47. The van der Waals surface area contributed by atoms with Gasteiger partial charge in [-0.1, -0.05) is 0 Å². The standard InChI is InChI=1S/C15H18N2O4/c1-5-21-15(18)10-8-17-11-6-9(19-3)7-12(20-4)13(11)14(10)16-2/h6-8H,5H2,1-4H3,(H,16,17). The van der Waals surface area contributed by atoms with Gasteiger partial charge in [-0.05, 0) is 6.92 Å². The van der Waals surface area contributed by atoms with Crippen LogP contribution in [0.15, 0.2) is 18.3 Å². The summed E-state index contributed by atoms with van der Waals surface area (Å²) in [7, 11) is 4.87. The number of benzene rings is 1. The minimum absolute atomic E-state index is 0.305. The van der Waals surface area contributed by atoms with Crippen LogP contribution in [0.25, 0.3) is 10.9 Å². The number of anilines is 1. The molecule has 0 bridgehead atoms. The van der Waals surface area contributed by atoms with Crippen molar-refractivity contribution in [3.63, 3.8) is 0 Å². The molecule has 0 aliphatic heterocycles. The summed E-state index contributed by atoms with van der Waals surface area (Å²) in [5, 5.41) is 3.74. The van der Waals surface area contributed by atoms with Gasteiger partial charge in [0.25, 0.3) is 0 Å². The van der Waals surface area contributed by atoms with Gasteiger partial charge in [0.05, 0.1) is 37.4 Å². The second-order valence-electron chi connectivity index (χ2n) is 4.24. The molecular weight excluding hydrogens is 272 g/mol. The summed E-state index contributed by atoms with van der Waals surface area (Å²) in [6.45, 7) is 2.07. The second-order valence-corrected chi connectivity index (χ2v) is 4.24. The van der Waals surface area contributed by atoms with Crippen molar-refractivity contribution in [3.8, 4) is 11.5 Å². The number of aromatic nitrogens is 1. The van der Waals surface area contributed by atoms with Crippen molar-refractivity contribution in [3.05, 3.63) is 23.9 Å². The van der Waals surface area contributed by atoms with Crippen LogP contribution < -0.4 is 14.8 Å². The number of fused-ring (bicyclic) bond motifs is 1. The molecule has 2 rings (SSSR count). The molecule has 0 saturated carbocycles. The van der Waals surface area contributed by atoms with Gasteiger partial charge in [0.15, 0.2) is 0 Å². The fourth-order valence-corrected chi connectivity index (χ4v) is 2.16. The minimum Gasteiger partial charge on any atom is -0.497 e. The molecule has 0 unspecified atom stereocenters. The van der Waals surface area contributed by atoms with Crippen LogP contribution >= 0.6 is 0 Å². The maximum atomic E-state index is 12.0. The molecule has 0 aliphatic carbocycles. The molecule has 0 aliphatic rings. The number of pyridine rings is 1. The molecule has 1 heterocycles. The Balaban J connectivity index is 2.74. The van der Waals surface area contributed by atoms with Gasteiger partial charge in [-0.25, -0.2) is 4.79 Å². The summed E-state index contributed by atoms with van der Waals surface area (Å²) < 4.78 is 15.7. The number of carbonyl (C=O) groups is 1.